The molecule has 1 N–H and O–H groups in total. The van der Waals surface area contributed by atoms with Gasteiger partial charge in [0.25, 0.3) is 5.91 Å². The molecule has 0 aliphatic carbocycles. The molecule has 8 heteroatoms. The lowest BCUT2D eigenvalue weighted by Crippen LogP contribution is -2.31. The van der Waals surface area contributed by atoms with Crippen molar-refractivity contribution in [1.29, 1.82) is 0 Å². The van der Waals surface area contributed by atoms with E-state index in [9.17, 15) is 4.79 Å². The monoisotopic (exact) mass is 406 g/mol. The Morgan fingerprint density at radius 1 is 1.33 bits per heavy atom. The van der Waals surface area contributed by atoms with Crippen LogP contribution in [0.15, 0.2) is 44.3 Å². The summed E-state index contributed by atoms with van der Waals surface area (Å²) in [6.45, 7) is 3.98. The first-order valence-corrected chi connectivity index (χ1v) is 9.00. The van der Waals surface area contributed by atoms with E-state index in [-0.39, 0.29) is 17.9 Å². The summed E-state index contributed by atoms with van der Waals surface area (Å²) in [5, 5.41) is 8.77. The van der Waals surface area contributed by atoms with E-state index >= 15 is 0 Å². The number of carbonyl (C=O) groups excluding carboxylic acids is 1. The van der Waals surface area contributed by atoms with Crippen LogP contribution in [0.4, 0.5) is 0 Å². The summed E-state index contributed by atoms with van der Waals surface area (Å²) >= 11 is 4.83. The summed E-state index contributed by atoms with van der Waals surface area (Å²) < 4.78 is 6.29. The van der Waals surface area contributed by atoms with Crippen LogP contribution >= 0.6 is 27.3 Å². The van der Waals surface area contributed by atoms with Crippen molar-refractivity contribution < 1.29 is 9.32 Å². The number of hydrogen-bond acceptors (Lipinski definition) is 6. The van der Waals surface area contributed by atoms with E-state index in [0.717, 1.165) is 9.35 Å². The molecule has 3 heterocycles. The second-order valence-electron chi connectivity index (χ2n) is 5.53. The fourth-order valence-electron chi connectivity index (χ4n) is 2.15. The minimum absolute atomic E-state index is 0.0989. The molecule has 3 aromatic rings. The largest absolute Gasteiger partial charge is 0.340 e. The van der Waals surface area contributed by atoms with Crippen molar-refractivity contribution in [2.24, 2.45) is 5.92 Å². The molecule has 0 aliphatic rings. The van der Waals surface area contributed by atoms with E-state index in [1.807, 2.05) is 13.8 Å². The highest BCUT2D eigenvalue weighted by Crippen LogP contribution is 2.25. The van der Waals surface area contributed by atoms with Crippen molar-refractivity contribution >= 4 is 33.2 Å². The molecule has 0 bridgehead atoms. The predicted octanol–water partition coefficient (Wildman–Crippen LogP) is 4.08. The first kappa shape index (κ1) is 16.8. The van der Waals surface area contributed by atoms with E-state index < -0.39 is 0 Å². The average molecular weight is 407 g/mol. The second kappa shape index (κ2) is 7.23. The van der Waals surface area contributed by atoms with Gasteiger partial charge < -0.3 is 9.84 Å². The first-order valence-electron chi connectivity index (χ1n) is 7.33. The molecule has 24 heavy (non-hydrogen) atoms. The Balaban J connectivity index is 1.81. The van der Waals surface area contributed by atoms with Gasteiger partial charge >= 0.3 is 0 Å². The van der Waals surface area contributed by atoms with Crippen LogP contribution in [0, 0.1) is 5.92 Å². The second-order valence-corrected chi connectivity index (χ2v) is 7.82. The van der Waals surface area contributed by atoms with Gasteiger partial charge in [-0.2, -0.15) is 4.98 Å². The maximum absolute atomic E-state index is 12.4. The van der Waals surface area contributed by atoms with Gasteiger partial charge in [0, 0.05) is 23.3 Å². The molecule has 3 rings (SSSR count). The minimum atomic E-state index is -0.362. The summed E-state index contributed by atoms with van der Waals surface area (Å²) in [6.07, 6.45) is 3.34. The molecule has 0 radical (unpaired) electrons. The number of carbonyl (C=O) groups is 1. The Labute approximate surface area is 151 Å². The zero-order chi connectivity index (χ0) is 17.1. The number of aromatic nitrogens is 3. The Kier molecular flexibility index (Phi) is 5.06. The summed E-state index contributed by atoms with van der Waals surface area (Å²) in [5.74, 6) is 0.797. The van der Waals surface area contributed by atoms with Gasteiger partial charge in [0.15, 0.2) is 0 Å². The van der Waals surface area contributed by atoms with Crippen molar-refractivity contribution in [3.63, 3.8) is 0 Å². The molecule has 0 aromatic carbocycles. The van der Waals surface area contributed by atoms with Crippen LogP contribution in [0.25, 0.3) is 11.4 Å². The molecule has 124 valence electrons. The fraction of sp³-hybridized carbons (Fsp3) is 0.250. The van der Waals surface area contributed by atoms with E-state index in [1.54, 1.807) is 36.0 Å². The van der Waals surface area contributed by atoms with Gasteiger partial charge in [-0.25, -0.2) is 0 Å². The molecule has 1 atom stereocenters. The molecule has 0 saturated carbocycles. The normalized spacial score (nSPS) is 12.3. The molecule has 3 aromatic heterocycles. The molecule has 0 fully saturated rings. The minimum Gasteiger partial charge on any atom is -0.340 e. The first-order chi connectivity index (χ1) is 11.5. The summed E-state index contributed by atoms with van der Waals surface area (Å²) in [7, 11) is 0. The van der Waals surface area contributed by atoms with Crippen LogP contribution < -0.4 is 5.32 Å². The molecule has 0 spiro atoms. The van der Waals surface area contributed by atoms with Crippen LogP contribution in [0.3, 0.4) is 0 Å². The van der Waals surface area contributed by atoms with Gasteiger partial charge in [-0.1, -0.05) is 19.0 Å². The van der Waals surface area contributed by atoms with E-state index in [0.29, 0.717) is 17.3 Å². The number of hydrogen-bond donors (Lipinski definition) is 1. The van der Waals surface area contributed by atoms with Gasteiger partial charge in [-0.3, -0.25) is 9.78 Å². The zero-order valence-corrected chi connectivity index (χ0v) is 15.5. The number of thiophene rings is 1. The molecule has 0 aliphatic heterocycles. The number of rotatable bonds is 5. The Bertz CT molecular complexity index is 831. The van der Waals surface area contributed by atoms with Gasteiger partial charge in [0.05, 0.1) is 9.35 Å². The Morgan fingerprint density at radius 3 is 2.71 bits per heavy atom. The highest BCUT2D eigenvalue weighted by atomic mass is 79.9. The lowest BCUT2D eigenvalue weighted by molar-refractivity contribution is 0.0914. The van der Waals surface area contributed by atoms with Crippen LogP contribution in [0.1, 0.15) is 36.1 Å². The number of nitrogens with one attached hydrogen (secondary N) is 1. The highest BCUT2D eigenvalue weighted by molar-refractivity contribution is 9.11. The van der Waals surface area contributed by atoms with E-state index in [1.165, 1.54) is 11.3 Å². The van der Waals surface area contributed by atoms with Crippen molar-refractivity contribution in [1.82, 2.24) is 20.4 Å². The van der Waals surface area contributed by atoms with Crippen LogP contribution in [-0.2, 0) is 0 Å². The molecule has 1 amide bonds. The summed E-state index contributed by atoms with van der Waals surface area (Å²) in [4.78, 5) is 20.8. The van der Waals surface area contributed by atoms with Crippen LogP contribution in [0.5, 0.6) is 0 Å². The molecule has 0 saturated heterocycles. The predicted molar refractivity (Wildman–Crippen MR) is 94.6 cm³/mol. The zero-order valence-electron chi connectivity index (χ0n) is 13.1. The highest BCUT2D eigenvalue weighted by Gasteiger charge is 2.25. The summed E-state index contributed by atoms with van der Waals surface area (Å²) in [5.41, 5.74) is 1.42. The quantitative estimate of drug-likeness (QED) is 0.689. The van der Waals surface area contributed by atoms with Gasteiger partial charge in [-0.05, 0) is 40.0 Å². The van der Waals surface area contributed by atoms with Crippen molar-refractivity contribution in [2.75, 3.05) is 0 Å². The average Bonchev–Trinajstić information content (AvgIpc) is 3.22. The molecular formula is C16H15BrN4O2S. The Hall–Kier alpha value is -2.06. The molecular weight excluding hydrogens is 392 g/mol. The molecule has 1 unspecified atom stereocenters. The van der Waals surface area contributed by atoms with Crippen molar-refractivity contribution in [3.8, 4) is 11.4 Å². The van der Waals surface area contributed by atoms with E-state index in [2.05, 4.69) is 36.4 Å². The number of pyridine rings is 1. The third-order valence-corrected chi connectivity index (χ3v) is 4.93. The Morgan fingerprint density at radius 2 is 2.08 bits per heavy atom. The topological polar surface area (TPSA) is 80.9 Å². The SMILES string of the molecule is CC(C)C(NC(=O)c1csc(Br)c1)c1nc(-c2ccncc2)no1. The summed E-state index contributed by atoms with van der Waals surface area (Å²) in [6, 6.07) is 5.04. The van der Waals surface area contributed by atoms with E-state index in [4.69, 9.17) is 4.52 Å². The maximum atomic E-state index is 12.4. The maximum Gasteiger partial charge on any atom is 0.252 e. The number of halogens is 1. The van der Waals surface area contributed by atoms with Crippen LogP contribution in [0.2, 0.25) is 0 Å². The fourth-order valence-corrected chi connectivity index (χ4v) is 3.28. The number of nitrogens with zero attached hydrogens (tertiary/aromatic N) is 3. The van der Waals surface area contributed by atoms with Crippen molar-refractivity contribution in [2.45, 2.75) is 19.9 Å². The van der Waals surface area contributed by atoms with Crippen molar-refractivity contribution in [3.05, 3.63) is 51.2 Å². The number of amides is 1. The van der Waals surface area contributed by atoms with Gasteiger partial charge in [0.1, 0.15) is 6.04 Å². The molecule has 6 nitrogen and oxygen atoms in total. The van der Waals surface area contributed by atoms with Crippen LogP contribution in [-0.4, -0.2) is 21.0 Å². The van der Waals surface area contributed by atoms with Gasteiger partial charge in [0.2, 0.25) is 11.7 Å². The third-order valence-electron chi connectivity index (χ3n) is 3.43. The third kappa shape index (κ3) is 3.70. The smallest absolute Gasteiger partial charge is 0.252 e. The lowest BCUT2D eigenvalue weighted by Gasteiger charge is -2.18. The van der Waals surface area contributed by atoms with Gasteiger partial charge in [-0.15, -0.1) is 11.3 Å². The lowest BCUT2D eigenvalue weighted by atomic mass is 10.0. The standard InChI is InChI=1S/C16H15BrN4O2S/c1-9(2)13(19-15(22)11-7-12(17)24-8-11)16-20-14(21-23-16)10-3-5-18-6-4-10/h3-9,13H,1-2H3,(H,19,22).